The molecule has 9 heavy (non-hydrogen) atoms. The van der Waals surface area contributed by atoms with Crippen LogP contribution in [0.3, 0.4) is 0 Å². The molecule has 0 aliphatic carbocycles. The maximum Gasteiger partial charge on any atom is 0.118 e. The zero-order valence-corrected chi connectivity index (χ0v) is 5.81. The molecule has 0 saturated carbocycles. The lowest BCUT2D eigenvalue weighted by Gasteiger charge is -2.04. The Balaban J connectivity index is 3.73. The second kappa shape index (κ2) is 3.96. The highest BCUT2D eigenvalue weighted by molar-refractivity contribution is 5.29. The van der Waals surface area contributed by atoms with Gasteiger partial charge in [0.2, 0.25) is 0 Å². The molecule has 0 aromatic heterocycles. The molecule has 50 valence electrons. The lowest BCUT2D eigenvalue weighted by molar-refractivity contribution is 0.241. The van der Waals surface area contributed by atoms with Crippen LogP contribution in [0.2, 0.25) is 0 Å². The van der Waals surface area contributed by atoms with E-state index in [0.29, 0.717) is 12.4 Å². The van der Waals surface area contributed by atoms with E-state index in [1.807, 2.05) is 6.92 Å². The normalized spacial score (nSPS) is 8.11. The number of hydrogen-bond acceptors (Lipinski definition) is 1. The average molecular weight is 124 g/mol. The highest BCUT2D eigenvalue weighted by Crippen LogP contribution is 2.05. The van der Waals surface area contributed by atoms with E-state index in [0.717, 1.165) is 5.57 Å². The molecule has 0 aliphatic heterocycles. The van der Waals surface area contributed by atoms with Crippen LogP contribution in [0.5, 0.6) is 0 Å². The van der Waals surface area contributed by atoms with E-state index >= 15 is 0 Å². The fourth-order valence-electron chi connectivity index (χ4n) is 0.381. The van der Waals surface area contributed by atoms with Gasteiger partial charge in [0.15, 0.2) is 0 Å². The van der Waals surface area contributed by atoms with Gasteiger partial charge in [-0.3, -0.25) is 0 Å². The lowest BCUT2D eigenvalue weighted by atomic mass is 10.3. The minimum Gasteiger partial charge on any atom is -0.494 e. The first-order valence-electron chi connectivity index (χ1n) is 2.85. The summed E-state index contributed by atoms with van der Waals surface area (Å²) in [4.78, 5) is 0. The number of ether oxygens (including phenoxy) is 1. The maximum absolute atomic E-state index is 5.03. The standard InChI is InChI=1S/C8H12O/c1-5-7(3)8(4)9-6-2/h5H,1,3-4,6H2,2H3. The van der Waals surface area contributed by atoms with Gasteiger partial charge in [0.25, 0.3) is 0 Å². The van der Waals surface area contributed by atoms with Crippen LogP contribution in [0.25, 0.3) is 0 Å². The molecule has 0 aromatic rings. The fraction of sp³-hybridized carbons (Fsp3) is 0.250. The fourth-order valence-corrected chi connectivity index (χ4v) is 0.381. The molecule has 0 amide bonds. The Hall–Kier alpha value is -0.980. The molecule has 0 N–H and O–H groups in total. The third-order valence-electron chi connectivity index (χ3n) is 0.923. The van der Waals surface area contributed by atoms with Gasteiger partial charge in [-0.05, 0) is 6.92 Å². The minimum atomic E-state index is 0.604. The van der Waals surface area contributed by atoms with Crippen molar-refractivity contribution in [3.8, 4) is 0 Å². The summed E-state index contributed by atoms with van der Waals surface area (Å²) in [5.41, 5.74) is 0.747. The van der Waals surface area contributed by atoms with Crippen LogP contribution in [-0.2, 0) is 4.74 Å². The molecule has 0 aliphatic rings. The second-order valence-electron chi connectivity index (χ2n) is 1.59. The molecule has 0 saturated heterocycles. The first-order valence-corrected chi connectivity index (χ1v) is 2.85. The van der Waals surface area contributed by atoms with E-state index in [2.05, 4.69) is 19.7 Å². The molecule has 0 aromatic carbocycles. The Morgan fingerprint density at radius 3 is 2.44 bits per heavy atom. The molecule has 0 heterocycles. The van der Waals surface area contributed by atoms with Crippen molar-refractivity contribution in [2.75, 3.05) is 6.61 Å². The van der Waals surface area contributed by atoms with E-state index in [1.165, 1.54) is 0 Å². The van der Waals surface area contributed by atoms with Crippen molar-refractivity contribution in [1.82, 2.24) is 0 Å². The molecule has 0 unspecified atom stereocenters. The maximum atomic E-state index is 5.03. The summed E-state index contributed by atoms with van der Waals surface area (Å²) in [5.74, 6) is 0.604. The lowest BCUT2D eigenvalue weighted by Crippen LogP contribution is -1.89. The zero-order chi connectivity index (χ0) is 7.28. The van der Waals surface area contributed by atoms with Gasteiger partial charge in [0.1, 0.15) is 5.76 Å². The summed E-state index contributed by atoms with van der Waals surface area (Å²) in [7, 11) is 0. The van der Waals surface area contributed by atoms with Crippen LogP contribution in [0, 0.1) is 0 Å². The van der Waals surface area contributed by atoms with Gasteiger partial charge in [0.05, 0.1) is 6.61 Å². The van der Waals surface area contributed by atoms with Crippen LogP contribution in [-0.4, -0.2) is 6.61 Å². The highest BCUT2D eigenvalue weighted by atomic mass is 16.5. The number of allylic oxidation sites excluding steroid dienone is 1. The van der Waals surface area contributed by atoms with Gasteiger partial charge in [0, 0.05) is 5.57 Å². The van der Waals surface area contributed by atoms with Crippen LogP contribution in [0.1, 0.15) is 6.92 Å². The van der Waals surface area contributed by atoms with Gasteiger partial charge in [-0.25, -0.2) is 0 Å². The summed E-state index contributed by atoms with van der Waals surface area (Å²) >= 11 is 0. The molecular formula is C8H12O. The predicted molar refractivity (Wildman–Crippen MR) is 40.1 cm³/mol. The first kappa shape index (κ1) is 8.02. The van der Waals surface area contributed by atoms with Crippen LogP contribution in [0.4, 0.5) is 0 Å². The topological polar surface area (TPSA) is 9.23 Å². The van der Waals surface area contributed by atoms with Gasteiger partial charge in [-0.2, -0.15) is 0 Å². The van der Waals surface area contributed by atoms with Crippen LogP contribution >= 0.6 is 0 Å². The SMILES string of the molecule is C=CC(=C)C(=C)OCC. The molecular weight excluding hydrogens is 112 g/mol. The summed E-state index contributed by atoms with van der Waals surface area (Å²) in [6, 6.07) is 0. The first-order chi connectivity index (χ1) is 4.22. The number of hydrogen-bond donors (Lipinski definition) is 0. The van der Waals surface area contributed by atoms with Gasteiger partial charge >= 0.3 is 0 Å². The largest absolute Gasteiger partial charge is 0.494 e. The average Bonchev–Trinajstić information content (AvgIpc) is 1.87. The zero-order valence-electron chi connectivity index (χ0n) is 5.81. The molecule has 0 radical (unpaired) electrons. The predicted octanol–water partition coefficient (Wildman–Crippen LogP) is 2.28. The van der Waals surface area contributed by atoms with Crippen molar-refractivity contribution in [2.45, 2.75) is 6.92 Å². The van der Waals surface area contributed by atoms with E-state index in [1.54, 1.807) is 6.08 Å². The van der Waals surface area contributed by atoms with Crippen LogP contribution in [0.15, 0.2) is 37.1 Å². The quantitative estimate of drug-likeness (QED) is 0.412. The van der Waals surface area contributed by atoms with Crippen molar-refractivity contribution in [1.29, 1.82) is 0 Å². The smallest absolute Gasteiger partial charge is 0.118 e. The summed E-state index contributed by atoms with van der Waals surface area (Å²) in [5, 5.41) is 0. The Bertz CT molecular complexity index is 134. The van der Waals surface area contributed by atoms with E-state index in [-0.39, 0.29) is 0 Å². The van der Waals surface area contributed by atoms with Crippen molar-refractivity contribution in [2.24, 2.45) is 0 Å². The summed E-state index contributed by atoms with van der Waals surface area (Å²) in [6.07, 6.45) is 1.62. The van der Waals surface area contributed by atoms with Gasteiger partial charge < -0.3 is 4.74 Å². The number of rotatable bonds is 4. The Kier molecular flexibility index (Phi) is 3.52. The van der Waals surface area contributed by atoms with Crippen molar-refractivity contribution >= 4 is 0 Å². The summed E-state index contributed by atoms with van der Waals surface area (Å²) in [6.45, 7) is 13.3. The molecule has 0 bridgehead atoms. The van der Waals surface area contributed by atoms with Crippen molar-refractivity contribution in [3.05, 3.63) is 37.1 Å². The third kappa shape index (κ3) is 2.75. The van der Waals surface area contributed by atoms with Gasteiger partial charge in [-0.1, -0.05) is 25.8 Å². The molecule has 0 fully saturated rings. The summed E-state index contributed by atoms with van der Waals surface area (Å²) < 4.78 is 5.03. The van der Waals surface area contributed by atoms with Crippen LogP contribution < -0.4 is 0 Å². The molecule has 0 spiro atoms. The monoisotopic (exact) mass is 124 g/mol. The van der Waals surface area contributed by atoms with E-state index in [4.69, 9.17) is 4.74 Å². The highest BCUT2D eigenvalue weighted by Gasteiger charge is 1.92. The van der Waals surface area contributed by atoms with E-state index < -0.39 is 0 Å². The molecule has 0 rings (SSSR count). The van der Waals surface area contributed by atoms with Gasteiger partial charge in [-0.15, -0.1) is 0 Å². The third-order valence-corrected chi connectivity index (χ3v) is 0.923. The second-order valence-corrected chi connectivity index (χ2v) is 1.59. The Morgan fingerprint density at radius 2 is 2.11 bits per heavy atom. The molecule has 1 nitrogen and oxygen atoms in total. The van der Waals surface area contributed by atoms with E-state index in [9.17, 15) is 0 Å². The van der Waals surface area contributed by atoms with Crippen molar-refractivity contribution in [3.63, 3.8) is 0 Å². The molecule has 1 heteroatoms. The minimum absolute atomic E-state index is 0.604. The Labute approximate surface area is 56.3 Å². The Morgan fingerprint density at radius 1 is 1.56 bits per heavy atom. The van der Waals surface area contributed by atoms with Crippen molar-refractivity contribution < 1.29 is 4.74 Å². The molecule has 0 atom stereocenters.